The van der Waals surface area contributed by atoms with Gasteiger partial charge >= 0.3 is 5.97 Å². The molecule has 2 rings (SSSR count). The van der Waals surface area contributed by atoms with Gasteiger partial charge in [0.15, 0.2) is 5.82 Å². The first-order chi connectivity index (χ1) is 9.02. The Morgan fingerprint density at radius 3 is 2.74 bits per heavy atom. The number of carbonyl (C=O) groups is 1. The molecule has 0 aliphatic carbocycles. The molecule has 0 saturated carbocycles. The minimum atomic E-state index is -0.917. The van der Waals surface area contributed by atoms with Crippen molar-refractivity contribution in [3.63, 3.8) is 0 Å². The van der Waals surface area contributed by atoms with Gasteiger partial charge in [0.05, 0.1) is 6.61 Å². The van der Waals surface area contributed by atoms with Crippen LogP contribution < -0.4 is 5.56 Å². The molecule has 0 unspecified atom stereocenters. The molecule has 7 heteroatoms. The van der Waals surface area contributed by atoms with Gasteiger partial charge in [-0.25, -0.2) is 18.3 Å². The van der Waals surface area contributed by atoms with E-state index in [1.807, 2.05) is 0 Å². The van der Waals surface area contributed by atoms with Crippen molar-refractivity contribution in [1.29, 1.82) is 0 Å². The van der Waals surface area contributed by atoms with Crippen molar-refractivity contribution < 1.29 is 18.3 Å². The predicted molar refractivity (Wildman–Crippen MR) is 62.3 cm³/mol. The van der Waals surface area contributed by atoms with Gasteiger partial charge in [-0.15, -0.1) is 0 Å². The number of rotatable bonds is 3. The number of nitrogens with one attached hydrogen (secondary N) is 1. The Labute approximate surface area is 106 Å². The second-order valence-corrected chi connectivity index (χ2v) is 3.66. The van der Waals surface area contributed by atoms with E-state index in [1.54, 1.807) is 6.92 Å². The number of halogens is 2. The molecule has 0 amide bonds. The van der Waals surface area contributed by atoms with E-state index in [0.29, 0.717) is 6.07 Å². The van der Waals surface area contributed by atoms with Crippen LogP contribution in [-0.4, -0.2) is 22.4 Å². The third-order valence-electron chi connectivity index (χ3n) is 2.37. The minimum absolute atomic E-state index is 0.101. The molecule has 1 heterocycles. The van der Waals surface area contributed by atoms with Gasteiger partial charge < -0.3 is 4.74 Å². The highest BCUT2D eigenvalue weighted by atomic mass is 19.1. The Hall–Kier alpha value is -2.44. The van der Waals surface area contributed by atoms with Crippen LogP contribution in [0.5, 0.6) is 0 Å². The highest BCUT2D eigenvalue weighted by Crippen LogP contribution is 2.12. The van der Waals surface area contributed by atoms with Crippen molar-refractivity contribution in [3.05, 3.63) is 51.9 Å². The molecule has 5 nitrogen and oxygen atoms in total. The molecule has 0 aliphatic heterocycles. The van der Waals surface area contributed by atoms with Gasteiger partial charge in [-0.1, -0.05) is 0 Å². The molecular weight excluding hydrogens is 258 g/mol. The van der Waals surface area contributed by atoms with Gasteiger partial charge in [0.2, 0.25) is 0 Å². The Bertz CT molecular complexity index is 676. The van der Waals surface area contributed by atoms with Crippen molar-refractivity contribution in [1.82, 2.24) is 9.78 Å². The van der Waals surface area contributed by atoms with Crippen LogP contribution in [0.25, 0.3) is 5.69 Å². The van der Waals surface area contributed by atoms with Crippen molar-refractivity contribution >= 4 is 5.97 Å². The highest BCUT2D eigenvalue weighted by Gasteiger charge is 2.15. The van der Waals surface area contributed by atoms with E-state index in [2.05, 4.69) is 5.10 Å². The summed E-state index contributed by atoms with van der Waals surface area (Å²) in [6.45, 7) is 1.77. The van der Waals surface area contributed by atoms with Gasteiger partial charge in [0.25, 0.3) is 5.56 Å². The monoisotopic (exact) mass is 268 g/mol. The van der Waals surface area contributed by atoms with E-state index in [-0.39, 0.29) is 18.0 Å². The number of aromatic nitrogens is 2. The van der Waals surface area contributed by atoms with Crippen LogP contribution >= 0.6 is 0 Å². The predicted octanol–water partition coefficient (Wildman–Crippen LogP) is 1.62. The molecule has 0 radical (unpaired) electrons. The fourth-order valence-electron chi connectivity index (χ4n) is 1.55. The van der Waals surface area contributed by atoms with Crippen LogP contribution in [-0.2, 0) is 4.74 Å². The zero-order valence-electron chi connectivity index (χ0n) is 9.94. The number of H-pyrrole nitrogens is 1. The summed E-state index contributed by atoms with van der Waals surface area (Å²) in [5.74, 6) is -2.40. The molecule has 0 bridgehead atoms. The number of carbonyl (C=O) groups excluding carboxylic acids is 1. The topological polar surface area (TPSA) is 64.1 Å². The Kier molecular flexibility index (Phi) is 3.46. The third-order valence-corrected chi connectivity index (χ3v) is 2.37. The zero-order chi connectivity index (χ0) is 14.0. The summed E-state index contributed by atoms with van der Waals surface area (Å²) in [6.07, 6.45) is 0. The van der Waals surface area contributed by atoms with Crippen molar-refractivity contribution in [2.24, 2.45) is 0 Å². The molecule has 100 valence electrons. The Morgan fingerprint density at radius 2 is 2.11 bits per heavy atom. The summed E-state index contributed by atoms with van der Waals surface area (Å²) in [4.78, 5) is 23.1. The van der Waals surface area contributed by atoms with E-state index in [9.17, 15) is 18.4 Å². The van der Waals surface area contributed by atoms with Crippen LogP contribution in [0.4, 0.5) is 8.78 Å². The van der Waals surface area contributed by atoms with Crippen molar-refractivity contribution in [2.45, 2.75) is 6.92 Å². The highest BCUT2D eigenvalue weighted by molar-refractivity contribution is 5.87. The maximum atomic E-state index is 13.5. The van der Waals surface area contributed by atoms with E-state index in [1.165, 1.54) is 0 Å². The van der Waals surface area contributed by atoms with Crippen molar-refractivity contribution in [2.75, 3.05) is 6.61 Å². The van der Waals surface area contributed by atoms with Gasteiger partial charge in [-0.3, -0.25) is 9.89 Å². The zero-order valence-corrected chi connectivity index (χ0v) is 9.94. The second kappa shape index (κ2) is 5.05. The SMILES string of the molecule is CCOC(=O)c1cc(=O)n(-c2ccc(F)cc2F)[nH]1. The lowest BCUT2D eigenvalue weighted by atomic mass is 10.3. The van der Waals surface area contributed by atoms with Crippen LogP contribution in [0.1, 0.15) is 17.4 Å². The van der Waals surface area contributed by atoms with Gasteiger partial charge in [0, 0.05) is 12.1 Å². The number of ether oxygens (including phenoxy) is 1. The lowest BCUT2D eigenvalue weighted by Gasteiger charge is -2.03. The Balaban J connectivity index is 2.46. The summed E-state index contributed by atoms with van der Waals surface area (Å²) in [5.41, 5.74) is -0.925. The van der Waals surface area contributed by atoms with Crippen LogP contribution in [0.2, 0.25) is 0 Å². The molecule has 0 atom stereocenters. The van der Waals surface area contributed by atoms with Gasteiger partial charge in [0.1, 0.15) is 17.2 Å². The quantitative estimate of drug-likeness (QED) is 0.860. The van der Waals surface area contributed by atoms with Gasteiger partial charge in [-0.2, -0.15) is 0 Å². The van der Waals surface area contributed by atoms with Crippen LogP contribution in [0.3, 0.4) is 0 Å². The molecule has 0 aliphatic rings. The number of hydrogen-bond acceptors (Lipinski definition) is 3. The smallest absolute Gasteiger partial charge is 0.356 e. The maximum Gasteiger partial charge on any atom is 0.356 e. The molecule has 1 N–H and O–H groups in total. The summed E-state index contributed by atoms with van der Waals surface area (Å²) in [5, 5.41) is 2.41. The Morgan fingerprint density at radius 1 is 1.37 bits per heavy atom. The lowest BCUT2D eigenvalue weighted by molar-refractivity contribution is 0.0519. The first kappa shape index (κ1) is 13.0. The average molecular weight is 268 g/mol. The molecule has 1 aromatic heterocycles. The molecular formula is C12H10F2N2O3. The molecule has 0 spiro atoms. The normalized spacial score (nSPS) is 10.5. The fraction of sp³-hybridized carbons (Fsp3) is 0.167. The number of esters is 1. The molecule has 1 aromatic carbocycles. The summed E-state index contributed by atoms with van der Waals surface area (Å²) in [6, 6.07) is 3.74. The molecule has 0 fully saturated rings. The third kappa shape index (κ3) is 2.54. The number of nitrogens with zero attached hydrogens (tertiary/aromatic N) is 1. The first-order valence-corrected chi connectivity index (χ1v) is 5.47. The lowest BCUT2D eigenvalue weighted by Crippen LogP contribution is -2.15. The second-order valence-electron chi connectivity index (χ2n) is 3.66. The maximum absolute atomic E-state index is 13.5. The first-order valence-electron chi connectivity index (χ1n) is 5.47. The van der Waals surface area contributed by atoms with Crippen LogP contribution in [0, 0.1) is 11.6 Å². The van der Waals surface area contributed by atoms with E-state index in [0.717, 1.165) is 22.9 Å². The summed E-state index contributed by atoms with van der Waals surface area (Å²) >= 11 is 0. The number of aromatic amines is 1. The minimum Gasteiger partial charge on any atom is -0.461 e. The van der Waals surface area contributed by atoms with Crippen molar-refractivity contribution in [3.8, 4) is 5.69 Å². The largest absolute Gasteiger partial charge is 0.461 e. The van der Waals surface area contributed by atoms with E-state index < -0.39 is 23.2 Å². The average Bonchev–Trinajstić information content (AvgIpc) is 2.72. The molecule has 0 saturated heterocycles. The van der Waals surface area contributed by atoms with E-state index in [4.69, 9.17) is 4.74 Å². The number of benzene rings is 1. The van der Waals surface area contributed by atoms with E-state index >= 15 is 0 Å². The molecule has 19 heavy (non-hydrogen) atoms. The standard InChI is InChI=1S/C12H10F2N2O3/c1-2-19-12(18)9-6-11(17)16(15-9)10-4-3-7(13)5-8(10)14/h3-6,15H,2H2,1H3. The fourth-order valence-corrected chi connectivity index (χ4v) is 1.55. The van der Waals surface area contributed by atoms with Gasteiger partial charge in [-0.05, 0) is 19.1 Å². The summed E-state index contributed by atoms with van der Waals surface area (Å²) < 4.78 is 31.8. The summed E-state index contributed by atoms with van der Waals surface area (Å²) in [7, 11) is 0. The van der Waals surface area contributed by atoms with Crippen LogP contribution in [0.15, 0.2) is 29.1 Å². The molecule has 2 aromatic rings. The number of hydrogen-bond donors (Lipinski definition) is 1.